The molecule has 0 unspecified atom stereocenters. The second-order valence-electron chi connectivity index (χ2n) is 3.72. The van der Waals surface area contributed by atoms with Crippen LogP contribution in [0.25, 0.3) is 10.9 Å². The molecule has 0 aliphatic rings. The first kappa shape index (κ1) is 11.0. The third-order valence-corrected chi connectivity index (χ3v) is 3.03. The normalized spacial score (nSPS) is 10.8. The number of aliphatic carboxylic acids is 1. The van der Waals surface area contributed by atoms with E-state index in [1.807, 2.05) is 24.4 Å². The fourth-order valence-electron chi connectivity index (χ4n) is 1.76. The van der Waals surface area contributed by atoms with Crippen LogP contribution in [0.1, 0.15) is 18.4 Å². The third kappa shape index (κ3) is 2.19. The lowest BCUT2D eigenvalue weighted by molar-refractivity contribution is -0.137. The highest BCUT2D eigenvalue weighted by Gasteiger charge is 2.06. The van der Waals surface area contributed by atoms with E-state index >= 15 is 0 Å². The lowest BCUT2D eigenvalue weighted by Gasteiger charge is -2.04. The molecule has 0 saturated carbocycles. The molecule has 1 aromatic carbocycles. The molecule has 0 amide bonds. The van der Waals surface area contributed by atoms with Gasteiger partial charge in [0.05, 0.1) is 5.02 Å². The molecule has 0 fully saturated rings. The molecule has 0 spiro atoms. The van der Waals surface area contributed by atoms with Crippen molar-refractivity contribution in [2.45, 2.75) is 19.3 Å². The van der Waals surface area contributed by atoms with Crippen LogP contribution in [-0.2, 0) is 11.2 Å². The van der Waals surface area contributed by atoms with Crippen molar-refractivity contribution in [3.8, 4) is 0 Å². The van der Waals surface area contributed by atoms with E-state index < -0.39 is 5.97 Å². The van der Waals surface area contributed by atoms with Gasteiger partial charge in [0.2, 0.25) is 0 Å². The van der Waals surface area contributed by atoms with Crippen molar-refractivity contribution in [2.24, 2.45) is 0 Å². The molecule has 84 valence electrons. The van der Waals surface area contributed by atoms with Gasteiger partial charge in [-0.25, -0.2) is 0 Å². The summed E-state index contributed by atoms with van der Waals surface area (Å²) in [5.41, 5.74) is 2.02. The number of aromatic amines is 1. The second kappa shape index (κ2) is 4.58. The Balaban J connectivity index is 2.17. The van der Waals surface area contributed by atoms with Crippen molar-refractivity contribution in [3.05, 3.63) is 35.0 Å². The van der Waals surface area contributed by atoms with Crippen LogP contribution in [0, 0.1) is 0 Å². The maximum absolute atomic E-state index is 10.4. The molecule has 0 radical (unpaired) electrons. The van der Waals surface area contributed by atoms with Gasteiger partial charge in [-0.05, 0) is 30.5 Å². The summed E-state index contributed by atoms with van der Waals surface area (Å²) in [5, 5.41) is 10.3. The number of rotatable bonds is 4. The maximum Gasteiger partial charge on any atom is 0.303 e. The van der Waals surface area contributed by atoms with Gasteiger partial charge in [-0.1, -0.05) is 17.7 Å². The number of fused-ring (bicyclic) bond motifs is 1. The van der Waals surface area contributed by atoms with Crippen LogP contribution < -0.4 is 0 Å². The number of H-pyrrole nitrogens is 1. The number of halogens is 1. The highest BCUT2D eigenvalue weighted by atomic mass is 35.5. The van der Waals surface area contributed by atoms with Crippen molar-refractivity contribution in [1.82, 2.24) is 4.98 Å². The van der Waals surface area contributed by atoms with Crippen molar-refractivity contribution < 1.29 is 9.90 Å². The second-order valence-corrected chi connectivity index (χ2v) is 4.10. The molecular weight excluding hydrogens is 226 g/mol. The first-order valence-corrected chi connectivity index (χ1v) is 5.52. The van der Waals surface area contributed by atoms with Gasteiger partial charge in [-0.3, -0.25) is 4.79 Å². The third-order valence-electron chi connectivity index (χ3n) is 2.59. The van der Waals surface area contributed by atoms with E-state index in [9.17, 15) is 4.79 Å². The zero-order valence-corrected chi connectivity index (χ0v) is 9.42. The Morgan fingerprint density at radius 3 is 2.94 bits per heavy atom. The average molecular weight is 238 g/mol. The highest BCUT2D eigenvalue weighted by Crippen LogP contribution is 2.27. The Morgan fingerprint density at radius 2 is 2.19 bits per heavy atom. The standard InChI is InChI=1S/C12H12ClNO2/c13-12-8(2-1-3-11(15)16)4-5-10-9(12)6-7-14-10/h4-7,14H,1-3H2,(H,15,16). The highest BCUT2D eigenvalue weighted by molar-refractivity contribution is 6.36. The van der Waals surface area contributed by atoms with Gasteiger partial charge in [0.15, 0.2) is 0 Å². The van der Waals surface area contributed by atoms with Gasteiger partial charge in [0.1, 0.15) is 0 Å². The Labute approximate surface area is 98.0 Å². The van der Waals surface area contributed by atoms with Crippen LogP contribution in [0.2, 0.25) is 5.02 Å². The van der Waals surface area contributed by atoms with E-state index in [1.165, 1.54) is 0 Å². The van der Waals surface area contributed by atoms with Crippen molar-refractivity contribution in [3.63, 3.8) is 0 Å². The zero-order chi connectivity index (χ0) is 11.5. The lowest BCUT2D eigenvalue weighted by Crippen LogP contribution is -1.96. The van der Waals surface area contributed by atoms with E-state index in [0.29, 0.717) is 12.8 Å². The van der Waals surface area contributed by atoms with Gasteiger partial charge in [0.25, 0.3) is 0 Å². The van der Waals surface area contributed by atoms with Gasteiger partial charge < -0.3 is 10.1 Å². The summed E-state index contributed by atoms with van der Waals surface area (Å²) in [4.78, 5) is 13.5. The molecule has 3 nitrogen and oxygen atoms in total. The Hall–Kier alpha value is -1.48. The Kier molecular flexibility index (Phi) is 3.15. The van der Waals surface area contributed by atoms with E-state index in [4.69, 9.17) is 16.7 Å². The number of benzene rings is 1. The van der Waals surface area contributed by atoms with Crippen molar-refractivity contribution in [2.75, 3.05) is 0 Å². The maximum atomic E-state index is 10.4. The average Bonchev–Trinajstić information content (AvgIpc) is 2.69. The SMILES string of the molecule is O=C(O)CCCc1ccc2[nH]ccc2c1Cl. The number of aromatic nitrogens is 1. The fraction of sp³-hybridized carbons (Fsp3) is 0.250. The number of hydrogen-bond acceptors (Lipinski definition) is 1. The molecule has 2 N–H and O–H groups in total. The summed E-state index contributed by atoms with van der Waals surface area (Å²) < 4.78 is 0. The molecule has 0 saturated heterocycles. The van der Waals surface area contributed by atoms with E-state index in [2.05, 4.69) is 4.98 Å². The summed E-state index contributed by atoms with van der Waals surface area (Å²) in [6.45, 7) is 0. The van der Waals surface area contributed by atoms with Gasteiger partial charge in [0, 0.05) is 23.5 Å². The van der Waals surface area contributed by atoms with E-state index in [1.54, 1.807) is 0 Å². The molecule has 0 atom stereocenters. The minimum atomic E-state index is -0.765. The topological polar surface area (TPSA) is 53.1 Å². The molecule has 4 heteroatoms. The molecule has 16 heavy (non-hydrogen) atoms. The molecular formula is C12H12ClNO2. The summed E-state index contributed by atoms with van der Waals surface area (Å²) in [6, 6.07) is 5.85. The smallest absolute Gasteiger partial charge is 0.303 e. The molecule has 2 rings (SSSR count). The predicted molar refractivity (Wildman–Crippen MR) is 63.9 cm³/mol. The molecule has 1 aromatic heterocycles. The first-order chi connectivity index (χ1) is 7.68. The van der Waals surface area contributed by atoms with Crippen LogP contribution >= 0.6 is 11.6 Å². The predicted octanol–water partition coefficient (Wildman–Crippen LogP) is 3.23. The fourth-order valence-corrected chi connectivity index (χ4v) is 2.09. The summed E-state index contributed by atoms with van der Waals surface area (Å²) in [7, 11) is 0. The molecule has 0 aliphatic carbocycles. The van der Waals surface area contributed by atoms with Crippen molar-refractivity contribution >= 4 is 28.5 Å². The van der Waals surface area contributed by atoms with Crippen LogP contribution in [0.3, 0.4) is 0 Å². The minimum Gasteiger partial charge on any atom is -0.481 e. The summed E-state index contributed by atoms with van der Waals surface area (Å²) in [6.07, 6.45) is 3.34. The first-order valence-electron chi connectivity index (χ1n) is 5.15. The van der Waals surface area contributed by atoms with Gasteiger partial charge in [-0.2, -0.15) is 0 Å². The van der Waals surface area contributed by atoms with Crippen LogP contribution in [0.15, 0.2) is 24.4 Å². The number of aryl methyl sites for hydroxylation is 1. The lowest BCUT2D eigenvalue weighted by atomic mass is 10.1. The number of carboxylic acid groups (broad SMARTS) is 1. The van der Waals surface area contributed by atoms with E-state index in [0.717, 1.165) is 21.5 Å². The monoisotopic (exact) mass is 237 g/mol. The minimum absolute atomic E-state index is 0.182. The molecule has 1 heterocycles. The number of carbonyl (C=O) groups is 1. The Morgan fingerprint density at radius 1 is 1.38 bits per heavy atom. The summed E-state index contributed by atoms with van der Waals surface area (Å²) in [5.74, 6) is -0.765. The number of carboxylic acids is 1. The van der Waals surface area contributed by atoms with Crippen LogP contribution in [-0.4, -0.2) is 16.1 Å². The zero-order valence-electron chi connectivity index (χ0n) is 8.66. The quantitative estimate of drug-likeness (QED) is 0.858. The number of nitrogens with one attached hydrogen (secondary N) is 1. The van der Waals surface area contributed by atoms with Crippen molar-refractivity contribution in [1.29, 1.82) is 0 Å². The molecule has 0 aliphatic heterocycles. The van der Waals surface area contributed by atoms with Crippen LogP contribution in [0.5, 0.6) is 0 Å². The van der Waals surface area contributed by atoms with Crippen LogP contribution in [0.4, 0.5) is 0 Å². The Bertz CT molecular complexity index is 519. The van der Waals surface area contributed by atoms with Gasteiger partial charge >= 0.3 is 5.97 Å². The van der Waals surface area contributed by atoms with Gasteiger partial charge in [-0.15, -0.1) is 0 Å². The largest absolute Gasteiger partial charge is 0.481 e. The van der Waals surface area contributed by atoms with E-state index in [-0.39, 0.29) is 6.42 Å². The number of hydrogen-bond donors (Lipinski definition) is 2. The molecule has 2 aromatic rings. The molecule has 0 bridgehead atoms. The summed E-state index contributed by atoms with van der Waals surface area (Å²) >= 11 is 6.23.